The highest BCUT2D eigenvalue weighted by atomic mass is 127. The second-order valence-electron chi connectivity index (χ2n) is 5.53. The van der Waals surface area contributed by atoms with Gasteiger partial charge in [0.25, 0.3) is 0 Å². The molecule has 0 bridgehead atoms. The Morgan fingerprint density at radius 3 is 2.67 bits per heavy atom. The summed E-state index contributed by atoms with van der Waals surface area (Å²) in [7, 11) is 1.76. The third-order valence-electron chi connectivity index (χ3n) is 3.64. The van der Waals surface area contributed by atoms with Gasteiger partial charge in [-0.25, -0.2) is 14.1 Å². The summed E-state index contributed by atoms with van der Waals surface area (Å²) < 4.78 is 22.5. The van der Waals surface area contributed by atoms with Gasteiger partial charge < -0.3 is 4.74 Å². The number of aromatic nitrogens is 3. The third-order valence-corrected chi connectivity index (χ3v) is 4.80. The van der Waals surface area contributed by atoms with Gasteiger partial charge in [0.05, 0.1) is 12.2 Å². The van der Waals surface area contributed by atoms with Gasteiger partial charge in [-0.2, -0.15) is 5.10 Å². The van der Waals surface area contributed by atoms with Gasteiger partial charge in [0, 0.05) is 10.6 Å². The number of aryl methyl sites for hydroxylation is 2. The van der Waals surface area contributed by atoms with Crippen LogP contribution >= 0.6 is 22.6 Å². The van der Waals surface area contributed by atoms with Crippen LogP contribution in [0.4, 0.5) is 4.39 Å². The molecule has 3 rings (SSSR count). The van der Waals surface area contributed by atoms with E-state index in [2.05, 4.69) is 32.7 Å². The second-order valence-corrected chi connectivity index (χ2v) is 6.70. The second kappa shape index (κ2) is 7.40. The number of benzene rings is 2. The summed E-state index contributed by atoms with van der Waals surface area (Å²) >= 11 is 2.19. The fraction of sp³-hybridized carbons (Fsp3) is 0.222. The first-order valence-corrected chi connectivity index (χ1v) is 8.60. The van der Waals surface area contributed by atoms with Crippen LogP contribution in [-0.4, -0.2) is 14.8 Å². The highest BCUT2D eigenvalue weighted by Crippen LogP contribution is 2.25. The molecule has 0 aliphatic rings. The van der Waals surface area contributed by atoms with Crippen LogP contribution in [0.25, 0.3) is 11.4 Å². The molecule has 1 aromatic heterocycles. The van der Waals surface area contributed by atoms with Crippen LogP contribution in [0.3, 0.4) is 0 Å². The Balaban J connectivity index is 1.75. The van der Waals surface area contributed by atoms with Gasteiger partial charge in [0.15, 0.2) is 11.6 Å². The van der Waals surface area contributed by atoms with Crippen molar-refractivity contribution in [2.75, 3.05) is 0 Å². The molecule has 4 nitrogen and oxygen atoms in total. The van der Waals surface area contributed by atoms with Crippen molar-refractivity contribution in [1.82, 2.24) is 14.8 Å². The van der Waals surface area contributed by atoms with Crippen molar-refractivity contribution in [2.45, 2.75) is 20.1 Å². The average Bonchev–Trinajstić information content (AvgIpc) is 2.92. The van der Waals surface area contributed by atoms with E-state index in [1.54, 1.807) is 17.8 Å². The van der Waals surface area contributed by atoms with E-state index in [9.17, 15) is 4.39 Å². The van der Waals surface area contributed by atoms with E-state index >= 15 is 0 Å². The number of ether oxygens (including phenoxy) is 1. The zero-order valence-corrected chi connectivity index (χ0v) is 15.6. The van der Waals surface area contributed by atoms with Gasteiger partial charge in [-0.3, -0.25) is 0 Å². The number of hydrogen-bond donors (Lipinski definition) is 0. The van der Waals surface area contributed by atoms with Gasteiger partial charge in [-0.05, 0) is 52.8 Å². The Morgan fingerprint density at radius 1 is 1.17 bits per heavy atom. The Kier molecular flexibility index (Phi) is 5.25. The topological polar surface area (TPSA) is 39.9 Å². The molecule has 0 aliphatic heterocycles. The molecule has 124 valence electrons. The highest BCUT2D eigenvalue weighted by Gasteiger charge is 2.15. The number of halogens is 2. The first-order chi connectivity index (χ1) is 11.5. The molecule has 24 heavy (non-hydrogen) atoms. The first-order valence-electron chi connectivity index (χ1n) is 7.52. The molecule has 0 fully saturated rings. The van der Waals surface area contributed by atoms with Gasteiger partial charge >= 0.3 is 0 Å². The van der Waals surface area contributed by atoms with Crippen LogP contribution in [0, 0.1) is 16.3 Å². The van der Waals surface area contributed by atoms with Crippen LogP contribution in [0.1, 0.15) is 17.0 Å². The zero-order chi connectivity index (χ0) is 17.1. The van der Waals surface area contributed by atoms with Gasteiger partial charge in [0.1, 0.15) is 12.4 Å². The normalized spacial score (nSPS) is 11.0. The molecule has 0 spiro atoms. The Bertz CT molecular complexity index is 849. The summed E-state index contributed by atoms with van der Waals surface area (Å²) in [5.74, 6) is 0.752. The van der Waals surface area contributed by atoms with Crippen LogP contribution in [0.2, 0.25) is 0 Å². The maximum atomic E-state index is 14.3. The molecule has 2 aromatic carbocycles. The summed E-state index contributed by atoms with van der Waals surface area (Å²) in [4.78, 5) is 4.43. The van der Waals surface area contributed by atoms with Crippen LogP contribution in [0.5, 0.6) is 0 Å². The van der Waals surface area contributed by atoms with E-state index in [1.807, 2.05) is 37.3 Å². The predicted octanol–water partition coefficient (Wildman–Crippen LogP) is 4.25. The molecule has 0 saturated heterocycles. The monoisotopic (exact) mass is 437 g/mol. The lowest BCUT2D eigenvalue weighted by atomic mass is 10.1. The van der Waals surface area contributed by atoms with Crippen LogP contribution in [-0.2, 0) is 25.0 Å². The molecule has 0 atom stereocenters. The number of hydrogen-bond acceptors (Lipinski definition) is 3. The third kappa shape index (κ3) is 3.81. The van der Waals surface area contributed by atoms with E-state index in [0.717, 1.165) is 14.7 Å². The summed E-state index contributed by atoms with van der Waals surface area (Å²) in [6.07, 6.45) is 0. The molecule has 0 N–H and O–H groups in total. The minimum Gasteiger partial charge on any atom is -0.369 e. The van der Waals surface area contributed by atoms with Gasteiger partial charge in [-0.1, -0.05) is 30.3 Å². The Morgan fingerprint density at radius 2 is 1.92 bits per heavy atom. The fourth-order valence-electron chi connectivity index (χ4n) is 2.39. The molecular formula is C18H17FIN3O. The molecule has 0 aliphatic carbocycles. The average molecular weight is 437 g/mol. The van der Waals surface area contributed by atoms with Crippen molar-refractivity contribution in [3.05, 3.63) is 68.8 Å². The zero-order valence-electron chi connectivity index (χ0n) is 13.5. The predicted molar refractivity (Wildman–Crippen MR) is 98.8 cm³/mol. The van der Waals surface area contributed by atoms with Gasteiger partial charge in [0.2, 0.25) is 0 Å². The first kappa shape index (κ1) is 17.0. The van der Waals surface area contributed by atoms with Crippen molar-refractivity contribution in [2.24, 2.45) is 7.05 Å². The molecule has 0 radical (unpaired) electrons. The lowest BCUT2D eigenvalue weighted by Crippen LogP contribution is -1.98. The van der Waals surface area contributed by atoms with E-state index < -0.39 is 0 Å². The van der Waals surface area contributed by atoms with Crippen LogP contribution in [0.15, 0.2) is 42.5 Å². The molecule has 1 heterocycles. The maximum absolute atomic E-state index is 14.3. The van der Waals surface area contributed by atoms with Crippen LogP contribution < -0.4 is 0 Å². The molecule has 0 amide bonds. The van der Waals surface area contributed by atoms with Crippen molar-refractivity contribution in [3.8, 4) is 11.4 Å². The van der Waals surface area contributed by atoms with Crippen molar-refractivity contribution in [3.63, 3.8) is 0 Å². The highest BCUT2D eigenvalue weighted by molar-refractivity contribution is 14.1. The van der Waals surface area contributed by atoms with Gasteiger partial charge in [-0.15, -0.1) is 0 Å². The fourth-order valence-corrected chi connectivity index (χ4v) is 2.85. The summed E-state index contributed by atoms with van der Waals surface area (Å²) in [6, 6.07) is 13.2. The lowest BCUT2D eigenvalue weighted by Gasteiger charge is -2.05. The summed E-state index contributed by atoms with van der Waals surface area (Å²) in [6.45, 7) is 2.66. The molecular weight excluding hydrogens is 420 g/mol. The standard InChI is InChI=1S/C18H17FIN3O/c1-12-8-15(19)14(9-16(12)20)18-21-17(22-23(18)2)11-24-10-13-6-4-3-5-7-13/h3-9H,10-11H2,1-2H3. The SMILES string of the molecule is Cc1cc(F)c(-c2nc(COCc3ccccc3)nn2C)cc1I. The quantitative estimate of drug-likeness (QED) is 0.561. The number of rotatable bonds is 5. The molecule has 0 saturated carbocycles. The van der Waals surface area contributed by atoms with E-state index in [0.29, 0.717) is 23.8 Å². The van der Waals surface area contributed by atoms with Crippen molar-refractivity contribution in [1.29, 1.82) is 0 Å². The minimum atomic E-state index is -0.292. The number of nitrogens with zero attached hydrogens (tertiary/aromatic N) is 3. The largest absolute Gasteiger partial charge is 0.369 e. The Labute approximate surface area is 153 Å². The summed E-state index contributed by atoms with van der Waals surface area (Å²) in [5.41, 5.74) is 2.45. The lowest BCUT2D eigenvalue weighted by molar-refractivity contribution is 0.102. The van der Waals surface area contributed by atoms with E-state index in [-0.39, 0.29) is 12.4 Å². The smallest absolute Gasteiger partial charge is 0.176 e. The molecule has 3 aromatic rings. The van der Waals surface area contributed by atoms with E-state index in [1.165, 1.54) is 6.07 Å². The Hall–Kier alpha value is -1.80. The molecule has 6 heteroatoms. The maximum Gasteiger partial charge on any atom is 0.176 e. The van der Waals surface area contributed by atoms with Crippen molar-refractivity contribution < 1.29 is 9.13 Å². The summed E-state index contributed by atoms with van der Waals surface area (Å²) in [5, 5.41) is 4.32. The minimum absolute atomic E-state index is 0.285. The molecule has 0 unspecified atom stereocenters. The van der Waals surface area contributed by atoms with Crippen molar-refractivity contribution >= 4 is 22.6 Å². The van der Waals surface area contributed by atoms with E-state index in [4.69, 9.17) is 4.74 Å².